The Hall–Kier alpha value is -1.89. The third kappa shape index (κ3) is 3.92. The van der Waals surface area contributed by atoms with Gasteiger partial charge in [-0.05, 0) is 36.6 Å². The fraction of sp³-hybridized carbons (Fsp3) is 0.316. The van der Waals surface area contributed by atoms with Crippen molar-refractivity contribution < 1.29 is 13.2 Å². The minimum Gasteiger partial charge on any atom is -0.331 e. The van der Waals surface area contributed by atoms with Gasteiger partial charge in [0.2, 0.25) is 10.0 Å². The Labute approximate surface area is 159 Å². The van der Waals surface area contributed by atoms with Crippen LogP contribution in [0.2, 0.25) is 5.02 Å². The third-order valence-electron chi connectivity index (χ3n) is 4.38. The molecule has 0 aliphatic heterocycles. The fourth-order valence-corrected chi connectivity index (χ4v) is 4.12. The molecule has 26 heavy (non-hydrogen) atoms. The summed E-state index contributed by atoms with van der Waals surface area (Å²) < 4.78 is 26.0. The Morgan fingerprint density at radius 1 is 1.12 bits per heavy atom. The van der Waals surface area contributed by atoms with E-state index >= 15 is 0 Å². The van der Waals surface area contributed by atoms with Gasteiger partial charge >= 0.3 is 0 Å². The summed E-state index contributed by atoms with van der Waals surface area (Å²) in [6.07, 6.45) is 1.93. The van der Waals surface area contributed by atoms with Crippen LogP contribution in [0.5, 0.6) is 0 Å². The normalized spacial score (nSPS) is 14.5. The number of hydrogen-bond donors (Lipinski definition) is 0. The van der Waals surface area contributed by atoms with Gasteiger partial charge in [0.05, 0.1) is 5.02 Å². The molecule has 0 aromatic heterocycles. The molecule has 1 aliphatic carbocycles. The average molecular weight is 393 g/mol. The monoisotopic (exact) mass is 392 g/mol. The highest BCUT2D eigenvalue weighted by Crippen LogP contribution is 2.31. The maximum Gasteiger partial charge on any atom is 0.254 e. The van der Waals surface area contributed by atoms with Gasteiger partial charge in [-0.1, -0.05) is 41.9 Å². The molecule has 1 amide bonds. The zero-order valence-electron chi connectivity index (χ0n) is 14.7. The summed E-state index contributed by atoms with van der Waals surface area (Å²) >= 11 is 6.08. The highest BCUT2D eigenvalue weighted by atomic mass is 35.5. The van der Waals surface area contributed by atoms with Crippen molar-refractivity contribution in [1.29, 1.82) is 0 Å². The van der Waals surface area contributed by atoms with E-state index in [1.54, 1.807) is 6.07 Å². The molecular weight excluding hydrogens is 372 g/mol. The van der Waals surface area contributed by atoms with E-state index in [-0.39, 0.29) is 21.9 Å². The number of carbonyl (C=O) groups is 1. The number of carbonyl (C=O) groups excluding carboxylic acids is 1. The molecule has 0 saturated heterocycles. The second-order valence-corrected chi connectivity index (χ2v) is 9.11. The van der Waals surface area contributed by atoms with Crippen LogP contribution < -0.4 is 0 Å². The van der Waals surface area contributed by atoms with E-state index in [2.05, 4.69) is 0 Å². The van der Waals surface area contributed by atoms with E-state index in [9.17, 15) is 13.2 Å². The summed E-state index contributed by atoms with van der Waals surface area (Å²) in [5.74, 6) is -0.178. The zero-order valence-corrected chi connectivity index (χ0v) is 16.3. The lowest BCUT2D eigenvalue weighted by Crippen LogP contribution is -2.33. The smallest absolute Gasteiger partial charge is 0.254 e. The summed E-state index contributed by atoms with van der Waals surface area (Å²) in [5, 5.41) is 0.108. The van der Waals surface area contributed by atoms with Crippen molar-refractivity contribution in [1.82, 2.24) is 9.21 Å². The number of benzene rings is 2. The first-order valence-corrected chi connectivity index (χ1v) is 10.2. The summed E-state index contributed by atoms with van der Waals surface area (Å²) in [6.45, 7) is 0.503. The molecule has 0 atom stereocenters. The lowest BCUT2D eigenvalue weighted by Gasteiger charge is -2.23. The van der Waals surface area contributed by atoms with Gasteiger partial charge in [0.15, 0.2) is 0 Å². The molecule has 0 unspecified atom stereocenters. The van der Waals surface area contributed by atoms with Gasteiger partial charge < -0.3 is 4.90 Å². The van der Waals surface area contributed by atoms with Crippen molar-refractivity contribution in [2.45, 2.75) is 30.3 Å². The maximum absolute atomic E-state index is 13.1. The molecule has 0 N–H and O–H groups in total. The van der Waals surface area contributed by atoms with Gasteiger partial charge in [-0.2, -0.15) is 0 Å². The first-order valence-electron chi connectivity index (χ1n) is 8.37. The first-order chi connectivity index (χ1) is 12.3. The van der Waals surface area contributed by atoms with Crippen LogP contribution in [0.1, 0.15) is 28.8 Å². The summed E-state index contributed by atoms with van der Waals surface area (Å²) in [4.78, 5) is 14.8. The molecule has 0 heterocycles. The van der Waals surface area contributed by atoms with Crippen LogP contribution in [-0.4, -0.2) is 43.7 Å². The van der Waals surface area contributed by atoms with Crippen LogP contribution >= 0.6 is 11.6 Å². The molecule has 1 saturated carbocycles. The second kappa shape index (κ2) is 7.39. The van der Waals surface area contributed by atoms with Crippen molar-refractivity contribution in [3.05, 3.63) is 64.7 Å². The molecule has 0 radical (unpaired) electrons. The molecule has 0 bridgehead atoms. The highest BCUT2D eigenvalue weighted by molar-refractivity contribution is 7.89. The topological polar surface area (TPSA) is 57.7 Å². The van der Waals surface area contributed by atoms with E-state index in [1.165, 1.54) is 26.2 Å². The van der Waals surface area contributed by atoms with Crippen LogP contribution in [0.15, 0.2) is 53.4 Å². The standard InChI is InChI=1S/C19H21ClN2O3S/c1-21(2)26(24,25)18-12-15(8-11-17(18)20)19(23)22(16-9-10-16)13-14-6-4-3-5-7-14/h3-8,11-12,16H,9-10,13H2,1-2H3. The second-order valence-electron chi connectivity index (χ2n) is 6.58. The minimum atomic E-state index is -3.72. The minimum absolute atomic E-state index is 0.0505. The maximum atomic E-state index is 13.1. The number of rotatable bonds is 6. The molecule has 2 aromatic carbocycles. The van der Waals surface area contributed by atoms with Crippen molar-refractivity contribution in [3.63, 3.8) is 0 Å². The van der Waals surface area contributed by atoms with E-state index < -0.39 is 10.0 Å². The molecule has 3 rings (SSSR count). The number of hydrogen-bond acceptors (Lipinski definition) is 3. The predicted molar refractivity (Wildman–Crippen MR) is 102 cm³/mol. The predicted octanol–water partition coefficient (Wildman–Crippen LogP) is 3.40. The van der Waals surface area contributed by atoms with Gasteiger partial charge in [0.1, 0.15) is 4.90 Å². The molecule has 138 valence electrons. The van der Waals surface area contributed by atoms with Gasteiger partial charge in [-0.25, -0.2) is 12.7 Å². The van der Waals surface area contributed by atoms with Crippen LogP contribution in [0.25, 0.3) is 0 Å². The summed E-state index contributed by atoms with van der Waals surface area (Å²) in [7, 11) is -0.849. The molecule has 1 fully saturated rings. The van der Waals surface area contributed by atoms with E-state index in [0.717, 1.165) is 22.7 Å². The third-order valence-corrected chi connectivity index (χ3v) is 6.68. The molecule has 2 aromatic rings. The zero-order chi connectivity index (χ0) is 18.9. The van der Waals surface area contributed by atoms with Crippen LogP contribution in [0.4, 0.5) is 0 Å². The lowest BCUT2D eigenvalue weighted by atomic mass is 10.1. The quantitative estimate of drug-likeness (QED) is 0.757. The van der Waals surface area contributed by atoms with E-state index in [1.807, 2.05) is 35.2 Å². The Morgan fingerprint density at radius 2 is 1.77 bits per heavy atom. The van der Waals surface area contributed by atoms with Gasteiger partial charge in [-0.15, -0.1) is 0 Å². The fourth-order valence-electron chi connectivity index (χ4n) is 2.73. The van der Waals surface area contributed by atoms with Crippen molar-refractivity contribution in [3.8, 4) is 0 Å². The van der Waals surface area contributed by atoms with Gasteiger partial charge in [-0.3, -0.25) is 4.79 Å². The molecule has 7 heteroatoms. The Balaban J connectivity index is 1.93. The van der Waals surface area contributed by atoms with Crippen LogP contribution in [0.3, 0.4) is 0 Å². The number of halogens is 1. The number of sulfonamides is 1. The van der Waals surface area contributed by atoms with Crippen molar-refractivity contribution >= 4 is 27.5 Å². The Kier molecular flexibility index (Phi) is 5.37. The molecule has 0 spiro atoms. The number of nitrogens with zero attached hydrogens (tertiary/aromatic N) is 2. The Bertz CT molecular complexity index is 910. The van der Waals surface area contributed by atoms with Gasteiger partial charge in [0.25, 0.3) is 5.91 Å². The van der Waals surface area contributed by atoms with Crippen LogP contribution in [-0.2, 0) is 16.6 Å². The first kappa shape index (κ1) is 18.9. The van der Waals surface area contributed by atoms with E-state index in [0.29, 0.717) is 12.1 Å². The summed E-state index contributed by atoms with van der Waals surface area (Å²) in [5.41, 5.74) is 1.38. The molecule has 5 nitrogen and oxygen atoms in total. The van der Waals surface area contributed by atoms with Crippen molar-refractivity contribution in [2.75, 3.05) is 14.1 Å². The summed E-state index contributed by atoms with van der Waals surface area (Å²) in [6, 6.07) is 14.4. The SMILES string of the molecule is CN(C)S(=O)(=O)c1cc(C(=O)N(Cc2ccccc2)C2CC2)ccc1Cl. The number of amides is 1. The average Bonchev–Trinajstić information content (AvgIpc) is 3.45. The van der Waals surface area contributed by atoms with E-state index in [4.69, 9.17) is 11.6 Å². The molecular formula is C19H21ClN2O3S. The van der Waals surface area contributed by atoms with Crippen LogP contribution in [0, 0.1) is 0 Å². The Morgan fingerprint density at radius 3 is 2.35 bits per heavy atom. The van der Waals surface area contributed by atoms with Gasteiger partial charge in [0, 0.05) is 32.2 Å². The highest BCUT2D eigenvalue weighted by Gasteiger charge is 2.33. The largest absolute Gasteiger partial charge is 0.331 e. The lowest BCUT2D eigenvalue weighted by molar-refractivity contribution is 0.0729. The van der Waals surface area contributed by atoms with Crippen molar-refractivity contribution in [2.24, 2.45) is 0 Å². The molecule has 1 aliphatic rings.